The number of methoxy groups -OCH3 is 1. The molecule has 0 amide bonds. The monoisotopic (exact) mass is 205 g/mol. The first-order valence-corrected chi connectivity index (χ1v) is 5.27. The predicted molar refractivity (Wildman–Crippen MR) is 49.5 cm³/mol. The van der Waals surface area contributed by atoms with Crippen LogP contribution in [0.4, 0.5) is 8.78 Å². The summed E-state index contributed by atoms with van der Waals surface area (Å²) < 4.78 is 30.4. The molecule has 2 atom stereocenters. The Morgan fingerprint density at radius 3 is 2.57 bits per heavy atom. The molecule has 2 rings (SSSR count). The van der Waals surface area contributed by atoms with Gasteiger partial charge >= 0.3 is 0 Å². The summed E-state index contributed by atoms with van der Waals surface area (Å²) in [5, 5.41) is 3.27. The van der Waals surface area contributed by atoms with E-state index >= 15 is 0 Å². The molecule has 2 unspecified atom stereocenters. The van der Waals surface area contributed by atoms with Crippen molar-refractivity contribution in [2.24, 2.45) is 0 Å². The highest BCUT2D eigenvalue weighted by molar-refractivity contribution is 4.95. The van der Waals surface area contributed by atoms with Crippen LogP contribution in [0, 0.1) is 0 Å². The normalized spacial score (nSPS) is 37.1. The standard InChI is InChI=1S/C10H17F2NO/c1-14-9-4-2-3-8(9)13-7-5-10(11,12)6-7/h7-9,13H,2-6H2,1H3. The van der Waals surface area contributed by atoms with E-state index in [0.29, 0.717) is 6.04 Å². The molecule has 0 heterocycles. The number of nitrogens with one attached hydrogen (secondary N) is 1. The average Bonchev–Trinajstić information content (AvgIpc) is 2.48. The van der Waals surface area contributed by atoms with Gasteiger partial charge in [-0.15, -0.1) is 0 Å². The van der Waals surface area contributed by atoms with Gasteiger partial charge in [0.15, 0.2) is 0 Å². The molecule has 0 aliphatic heterocycles. The Morgan fingerprint density at radius 2 is 2.00 bits per heavy atom. The van der Waals surface area contributed by atoms with Crippen molar-refractivity contribution < 1.29 is 13.5 Å². The lowest BCUT2D eigenvalue weighted by molar-refractivity contribution is -0.0974. The van der Waals surface area contributed by atoms with Gasteiger partial charge in [0.25, 0.3) is 5.92 Å². The Kier molecular flexibility index (Phi) is 2.75. The Bertz CT molecular complexity index is 202. The topological polar surface area (TPSA) is 21.3 Å². The molecule has 0 spiro atoms. The number of rotatable bonds is 3. The minimum Gasteiger partial charge on any atom is -0.380 e. The minimum absolute atomic E-state index is 0.0000652. The number of halogens is 2. The second kappa shape index (κ2) is 3.74. The van der Waals surface area contributed by atoms with Gasteiger partial charge in [0.05, 0.1) is 6.10 Å². The fourth-order valence-corrected chi connectivity index (χ4v) is 2.48. The van der Waals surface area contributed by atoms with E-state index in [1.807, 2.05) is 0 Å². The van der Waals surface area contributed by atoms with Crippen molar-refractivity contribution in [1.82, 2.24) is 5.32 Å². The molecule has 2 aliphatic rings. The third kappa shape index (κ3) is 2.06. The Labute approximate surface area is 83.0 Å². The fourth-order valence-electron chi connectivity index (χ4n) is 2.48. The number of alkyl halides is 2. The van der Waals surface area contributed by atoms with E-state index in [4.69, 9.17) is 4.74 Å². The average molecular weight is 205 g/mol. The van der Waals surface area contributed by atoms with Gasteiger partial charge in [0.1, 0.15) is 0 Å². The number of ether oxygens (including phenoxy) is 1. The van der Waals surface area contributed by atoms with Crippen molar-refractivity contribution in [2.75, 3.05) is 7.11 Å². The quantitative estimate of drug-likeness (QED) is 0.760. The molecule has 82 valence electrons. The number of hydrogen-bond acceptors (Lipinski definition) is 2. The highest BCUT2D eigenvalue weighted by Gasteiger charge is 2.46. The Morgan fingerprint density at radius 1 is 1.29 bits per heavy atom. The fraction of sp³-hybridized carbons (Fsp3) is 1.00. The molecular weight excluding hydrogens is 188 g/mol. The first-order chi connectivity index (χ1) is 6.61. The number of hydrogen-bond donors (Lipinski definition) is 1. The zero-order valence-electron chi connectivity index (χ0n) is 8.43. The molecular formula is C10H17F2NO. The molecule has 2 fully saturated rings. The molecule has 1 N–H and O–H groups in total. The van der Waals surface area contributed by atoms with E-state index in [0.717, 1.165) is 19.3 Å². The van der Waals surface area contributed by atoms with Crippen LogP contribution in [0.15, 0.2) is 0 Å². The second-order valence-electron chi connectivity index (χ2n) is 4.44. The molecule has 0 bridgehead atoms. The van der Waals surface area contributed by atoms with Crippen LogP contribution in [-0.4, -0.2) is 31.2 Å². The highest BCUT2D eigenvalue weighted by Crippen LogP contribution is 2.38. The van der Waals surface area contributed by atoms with E-state index in [1.165, 1.54) is 0 Å². The van der Waals surface area contributed by atoms with Crippen molar-refractivity contribution in [3.8, 4) is 0 Å². The molecule has 0 aromatic rings. The summed E-state index contributed by atoms with van der Waals surface area (Å²) >= 11 is 0. The van der Waals surface area contributed by atoms with Crippen molar-refractivity contribution in [3.05, 3.63) is 0 Å². The van der Waals surface area contributed by atoms with Crippen LogP contribution in [0.2, 0.25) is 0 Å². The van der Waals surface area contributed by atoms with Gasteiger partial charge in [-0.2, -0.15) is 0 Å². The maximum atomic E-state index is 12.6. The molecule has 0 radical (unpaired) electrons. The molecule has 2 nitrogen and oxygen atoms in total. The third-order valence-corrected chi connectivity index (χ3v) is 3.30. The van der Waals surface area contributed by atoms with Crippen LogP contribution in [0.5, 0.6) is 0 Å². The van der Waals surface area contributed by atoms with Gasteiger partial charge in [-0.3, -0.25) is 0 Å². The highest BCUT2D eigenvalue weighted by atomic mass is 19.3. The summed E-state index contributed by atoms with van der Waals surface area (Å²) in [4.78, 5) is 0. The van der Waals surface area contributed by atoms with E-state index in [2.05, 4.69) is 5.32 Å². The first-order valence-electron chi connectivity index (χ1n) is 5.27. The maximum Gasteiger partial charge on any atom is 0.251 e. The molecule has 0 saturated heterocycles. The predicted octanol–water partition coefficient (Wildman–Crippen LogP) is 1.94. The SMILES string of the molecule is COC1CCCC1NC1CC(F)(F)C1. The molecule has 14 heavy (non-hydrogen) atoms. The lowest BCUT2D eigenvalue weighted by Crippen LogP contribution is -2.53. The van der Waals surface area contributed by atoms with Crippen molar-refractivity contribution in [2.45, 2.75) is 56.2 Å². The largest absolute Gasteiger partial charge is 0.380 e. The van der Waals surface area contributed by atoms with Crippen LogP contribution < -0.4 is 5.32 Å². The Hall–Kier alpha value is -0.220. The lowest BCUT2D eigenvalue weighted by Gasteiger charge is -2.38. The summed E-state index contributed by atoms with van der Waals surface area (Å²) in [5.41, 5.74) is 0. The van der Waals surface area contributed by atoms with Crippen LogP contribution in [0.25, 0.3) is 0 Å². The van der Waals surface area contributed by atoms with Crippen molar-refractivity contribution >= 4 is 0 Å². The van der Waals surface area contributed by atoms with Gasteiger partial charge in [0, 0.05) is 32.0 Å². The minimum atomic E-state index is -2.42. The summed E-state index contributed by atoms with van der Waals surface area (Å²) in [6.07, 6.45) is 3.47. The van der Waals surface area contributed by atoms with Crippen LogP contribution in [-0.2, 0) is 4.74 Å². The van der Waals surface area contributed by atoms with Crippen LogP contribution >= 0.6 is 0 Å². The summed E-state index contributed by atoms with van der Waals surface area (Å²) in [7, 11) is 1.69. The van der Waals surface area contributed by atoms with Crippen molar-refractivity contribution in [1.29, 1.82) is 0 Å². The zero-order valence-corrected chi connectivity index (χ0v) is 8.43. The van der Waals surface area contributed by atoms with Gasteiger partial charge < -0.3 is 10.1 Å². The van der Waals surface area contributed by atoms with E-state index in [1.54, 1.807) is 7.11 Å². The van der Waals surface area contributed by atoms with E-state index in [9.17, 15) is 8.78 Å². The Balaban J connectivity index is 1.76. The zero-order chi connectivity index (χ0) is 10.2. The maximum absolute atomic E-state index is 12.6. The van der Waals surface area contributed by atoms with Crippen molar-refractivity contribution in [3.63, 3.8) is 0 Å². The van der Waals surface area contributed by atoms with Gasteiger partial charge in [-0.1, -0.05) is 0 Å². The van der Waals surface area contributed by atoms with Gasteiger partial charge in [-0.25, -0.2) is 8.78 Å². The van der Waals surface area contributed by atoms with Gasteiger partial charge in [-0.05, 0) is 19.3 Å². The van der Waals surface area contributed by atoms with E-state index in [-0.39, 0.29) is 25.0 Å². The second-order valence-corrected chi connectivity index (χ2v) is 4.44. The molecule has 0 aromatic carbocycles. The first kappa shape index (κ1) is 10.3. The molecule has 2 saturated carbocycles. The molecule has 4 heteroatoms. The summed E-state index contributed by atoms with van der Waals surface area (Å²) in [5.74, 6) is -2.42. The van der Waals surface area contributed by atoms with Gasteiger partial charge in [0.2, 0.25) is 0 Å². The smallest absolute Gasteiger partial charge is 0.251 e. The summed E-state index contributed by atoms with van der Waals surface area (Å²) in [6.45, 7) is 0. The van der Waals surface area contributed by atoms with Crippen LogP contribution in [0.3, 0.4) is 0 Å². The van der Waals surface area contributed by atoms with Crippen LogP contribution in [0.1, 0.15) is 32.1 Å². The van der Waals surface area contributed by atoms with E-state index < -0.39 is 5.92 Å². The molecule has 0 aromatic heterocycles. The summed E-state index contributed by atoms with van der Waals surface area (Å²) in [6, 6.07) is 0.298. The third-order valence-electron chi connectivity index (χ3n) is 3.30. The molecule has 2 aliphatic carbocycles. The lowest BCUT2D eigenvalue weighted by atomic mass is 9.87.